The van der Waals surface area contributed by atoms with Crippen LogP contribution in [0.4, 0.5) is 0 Å². The van der Waals surface area contributed by atoms with Crippen molar-refractivity contribution in [1.29, 1.82) is 0 Å². The van der Waals surface area contributed by atoms with Gasteiger partial charge in [-0.2, -0.15) is 0 Å². The van der Waals surface area contributed by atoms with Crippen LogP contribution in [0, 0.1) is 0 Å². The van der Waals surface area contributed by atoms with Crippen molar-refractivity contribution in [3.8, 4) is 0 Å². The molecular weight excluding hydrogens is 242 g/mol. The van der Waals surface area contributed by atoms with Gasteiger partial charge < -0.3 is 20.7 Å². The highest BCUT2D eigenvalue weighted by atomic mass is 32.1. The van der Waals surface area contributed by atoms with Gasteiger partial charge >= 0.3 is 11.8 Å². The van der Waals surface area contributed by atoms with Gasteiger partial charge in [0.1, 0.15) is 0 Å². The summed E-state index contributed by atoms with van der Waals surface area (Å²) in [5.74, 6) is -1.25. The fraction of sp³-hybridized carbons (Fsp3) is 0.700. The first-order valence-corrected chi connectivity index (χ1v) is 5.81. The standard InChI is InChI=1S/C10H17N3O3S/c1-6-5-16-7(2)4-13(6)10(15)9(14)12-3-8(11)17/h6-7H,3-5H2,1-2H3,(H2,11,17)(H,12,14). The SMILES string of the molecule is CC1CN(C(=O)C(=O)NCC(N)=S)C(C)CO1. The minimum Gasteiger partial charge on any atom is -0.392 e. The molecule has 3 N–H and O–H groups in total. The summed E-state index contributed by atoms with van der Waals surface area (Å²) in [6.45, 7) is 4.59. The molecule has 1 heterocycles. The Balaban J connectivity index is 2.55. The second-order valence-corrected chi connectivity index (χ2v) is 4.62. The van der Waals surface area contributed by atoms with Crippen molar-refractivity contribution in [3.05, 3.63) is 0 Å². The molecule has 0 bridgehead atoms. The molecule has 1 aliphatic heterocycles. The van der Waals surface area contributed by atoms with Crippen molar-refractivity contribution in [3.63, 3.8) is 0 Å². The molecule has 6 nitrogen and oxygen atoms in total. The maximum absolute atomic E-state index is 11.8. The summed E-state index contributed by atoms with van der Waals surface area (Å²) in [6, 6.07) is -0.103. The number of carbonyl (C=O) groups is 2. The van der Waals surface area contributed by atoms with Crippen molar-refractivity contribution in [2.45, 2.75) is 26.0 Å². The number of morpholine rings is 1. The van der Waals surface area contributed by atoms with Gasteiger partial charge in [0.15, 0.2) is 0 Å². The molecule has 0 spiro atoms. The number of rotatable bonds is 2. The van der Waals surface area contributed by atoms with Crippen molar-refractivity contribution in [2.75, 3.05) is 19.7 Å². The number of thiocarbonyl (C=S) groups is 1. The van der Waals surface area contributed by atoms with E-state index in [1.165, 1.54) is 4.90 Å². The van der Waals surface area contributed by atoms with Crippen LogP contribution >= 0.6 is 12.2 Å². The van der Waals surface area contributed by atoms with E-state index in [4.69, 9.17) is 10.5 Å². The van der Waals surface area contributed by atoms with Gasteiger partial charge in [0.25, 0.3) is 0 Å². The minimum absolute atomic E-state index is 0.0359. The Hall–Kier alpha value is -1.21. The lowest BCUT2D eigenvalue weighted by molar-refractivity contribution is -0.153. The minimum atomic E-state index is -0.682. The number of nitrogens with two attached hydrogens (primary N) is 1. The highest BCUT2D eigenvalue weighted by Gasteiger charge is 2.31. The zero-order valence-corrected chi connectivity index (χ0v) is 10.8. The number of carbonyl (C=O) groups excluding carboxylic acids is 2. The lowest BCUT2D eigenvalue weighted by atomic mass is 10.2. The maximum atomic E-state index is 11.8. The molecule has 0 radical (unpaired) electrons. The first kappa shape index (κ1) is 13.9. The normalized spacial score (nSPS) is 24.2. The van der Waals surface area contributed by atoms with Crippen LogP contribution in [0.3, 0.4) is 0 Å². The van der Waals surface area contributed by atoms with E-state index in [9.17, 15) is 9.59 Å². The summed E-state index contributed by atoms with van der Waals surface area (Å²) >= 11 is 4.62. The molecule has 2 unspecified atom stereocenters. The average molecular weight is 259 g/mol. The first-order valence-electron chi connectivity index (χ1n) is 5.40. The molecule has 0 aromatic heterocycles. The van der Waals surface area contributed by atoms with Crippen molar-refractivity contribution in [2.24, 2.45) is 5.73 Å². The van der Waals surface area contributed by atoms with Crippen LogP contribution in [0.15, 0.2) is 0 Å². The Morgan fingerprint density at radius 1 is 1.53 bits per heavy atom. The Kier molecular flexibility index (Phi) is 4.83. The number of amides is 2. The monoisotopic (exact) mass is 259 g/mol. The van der Waals surface area contributed by atoms with E-state index in [0.717, 1.165) is 0 Å². The number of hydrogen-bond donors (Lipinski definition) is 2. The molecule has 1 fully saturated rings. The lowest BCUT2D eigenvalue weighted by Crippen LogP contribution is -2.54. The van der Waals surface area contributed by atoms with Crippen LogP contribution in [0.2, 0.25) is 0 Å². The molecule has 0 aromatic carbocycles. The molecule has 0 aliphatic carbocycles. The van der Waals surface area contributed by atoms with Crippen LogP contribution in [0.1, 0.15) is 13.8 Å². The summed E-state index contributed by atoms with van der Waals surface area (Å²) in [4.78, 5) is 25.0. The third-order valence-electron chi connectivity index (χ3n) is 2.49. The van der Waals surface area contributed by atoms with E-state index in [1.807, 2.05) is 13.8 Å². The molecule has 0 aromatic rings. The van der Waals surface area contributed by atoms with Gasteiger partial charge in [-0.15, -0.1) is 0 Å². The van der Waals surface area contributed by atoms with E-state index in [1.54, 1.807) is 0 Å². The molecule has 2 atom stereocenters. The Morgan fingerprint density at radius 3 is 2.76 bits per heavy atom. The average Bonchev–Trinajstić information content (AvgIpc) is 2.28. The van der Waals surface area contributed by atoms with Crippen LogP contribution in [-0.2, 0) is 14.3 Å². The van der Waals surface area contributed by atoms with E-state index in [-0.39, 0.29) is 23.7 Å². The van der Waals surface area contributed by atoms with Gasteiger partial charge in [-0.3, -0.25) is 9.59 Å². The van der Waals surface area contributed by atoms with Gasteiger partial charge in [-0.1, -0.05) is 12.2 Å². The van der Waals surface area contributed by atoms with Crippen LogP contribution < -0.4 is 11.1 Å². The summed E-state index contributed by atoms with van der Waals surface area (Å²) in [5, 5.41) is 2.38. The molecule has 1 aliphatic rings. The molecule has 1 rings (SSSR count). The zero-order chi connectivity index (χ0) is 13.0. The molecule has 2 amide bonds. The Labute approximate surface area is 105 Å². The molecule has 17 heavy (non-hydrogen) atoms. The van der Waals surface area contributed by atoms with E-state index < -0.39 is 11.8 Å². The third kappa shape index (κ3) is 3.94. The first-order chi connectivity index (χ1) is 7.91. The smallest absolute Gasteiger partial charge is 0.312 e. The molecule has 0 saturated carbocycles. The van der Waals surface area contributed by atoms with Crippen molar-refractivity contribution < 1.29 is 14.3 Å². The van der Waals surface area contributed by atoms with Gasteiger partial charge in [0.05, 0.1) is 30.3 Å². The van der Waals surface area contributed by atoms with E-state index in [2.05, 4.69) is 17.5 Å². The second kappa shape index (κ2) is 5.92. The topological polar surface area (TPSA) is 84.7 Å². The Bertz CT molecular complexity index is 335. The number of ether oxygens (including phenoxy) is 1. The highest BCUT2D eigenvalue weighted by Crippen LogP contribution is 2.11. The molecular formula is C10H17N3O3S. The Morgan fingerprint density at radius 2 is 2.18 bits per heavy atom. The van der Waals surface area contributed by atoms with Crippen molar-refractivity contribution in [1.82, 2.24) is 10.2 Å². The predicted molar refractivity (Wildman–Crippen MR) is 66.4 cm³/mol. The summed E-state index contributed by atoms with van der Waals surface area (Å²) in [6.07, 6.45) is -0.0569. The number of nitrogens with zero attached hydrogens (tertiary/aromatic N) is 1. The number of nitrogens with one attached hydrogen (secondary N) is 1. The third-order valence-corrected chi connectivity index (χ3v) is 2.63. The second-order valence-electron chi connectivity index (χ2n) is 4.10. The highest BCUT2D eigenvalue weighted by molar-refractivity contribution is 7.80. The zero-order valence-electron chi connectivity index (χ0n) is 9.93. The van der Waals surface area contributed by atoms with Gasteiger partial charge in [0.2, 0.25) is 0 Å². The maximum Gasteiger partial charge on any atom is 0.312 e. The van der Waals surface area contributed by atoms with E-state index in [0.29, 0.717) is 13.2 Å². The van der Waals surface area contributed by atoms with Gasteiger partial charge in [-0.25, -0.2) is 0 Å². The lowest BCUT2D eigenvalue weighted by Gasteiger charge is -2.36. The van der Waals surface area contributed by atoms with Crippen molar-refractivity contribution >= 4 is 29.0 Å². The van der Waals surface area contributed by atoms with E-state index >= 15 is 0 Å². The van der Waals surface area contributed by atoms with Crippen LogP contribution in [-0.4, -0.2) is 53.5 Å². The number of hydrogen-bond acceptors (Lipinski definition) is 4. The molecule has 7 heteroatoms. The molecule has 1 saturated heterocycles. The fourth-order valence-corrected chi connectivity index (χ4v) is 1.63. The van der Waals surface area contributed by atoms with Crippen LogP contribution in [0.25, 0.3) is 0 Å². The summed E-state index contributed by atoms with van der Waals surface area (Å²) in [5.41, 5.74) is 5.24. The predicted octanol–water partition coefficient (Wildman–Crippen LogP) is -0.975. The summed E-state index contributed by atoms with van der Waals surface area (Å²) in [7, 11) is 0. The van der Waals surface area contributed by atoms with Crippen LogP contribution in [0.5, 0.6) is 0 Å². The molecule has 96 valence electrons. The summed E-state index contributed by atoms with van der Waals surface area (Å²) < 4.78 is 5.38. The van der Waals surface area contributed by atoms with Gasteiger partial charge in [0, 0.05) is 6.54 Å². The fourth-order valence-electron chi connectivity index (χ4n) is 1.56. The van der Waals surface area contributed by atoms with Gasteiger partial charge in [-0.05, 0) is 13.8 Å². The largest absolute Gasteiger partial charge is 0.392 e. The quantitative estimate of drug-likeness (QED) is 0.492.